The van der Waals surface area contributed by atoms with E-state index < -0.39 is 0 Å². The van der Waals surface area contributed by atoms with Crippen molar-refractivity contribution in [3.63, 3.8) is 0 Å². The predicted octanol–water partition coefficient (Wildman–Crippen LogP) is 3.08. The minimum atomic E-state index is -0.385. The van der Waals surface area contributed by atoms with Gasteiger partial charge in [-0.25, -0.2) is 0 Å². The van der Waals surface area contributed by atoms with Crippen molar-refractivity contribution in [3.8, 4) is 5.75 Å². The van der Waals surface area contributed by atoms with Crippen molar-refractivity contribution in [1.82, 2.24) is 5.32 Å². The number of nitrogens with two attached hydrogens (primary N) is 1. The molecule has 0 aromatic heterocycles. The molecular weight excluding hydrogens is 396 g/mol. The third-order valence-corrected chi connectivity index (χ3v) is 4.33. The van der Waals surface area contributed by atoms with Gasteiger partial charge in [0.25, 0.3) is 0 Å². The van der Waals surface area contributed by atoms with E-state index in [0.717, 1.165) is 4.47 Å². The highest BCUT2D eigenvalue weighted by Gasteiger charge is 2.10. The maximum Gasteiger partial charge on any atom is 0.234 e. The van der Waals surface area contributed by atoms with Crippen LogP contribution in [0.4, 0.5) is 0 Å². The highest BCUT2D eigenvalue weighted by atomic mass is 79.9. The number of hydrogen-bond acceptors (Lipinski definition) is 4. The lowest BCUT2D eigenvalue weighted by Crippen LogP contribution is -2.38. The number of carbonyl (C=O) groups excluding carboxylic acids is 2. The molecule has 0 aliphatic carbocycles. The summed E-state index contributed by atoms with van der Waals surface area (Å²) in [5.74, 6) is 0.250. The maximum atomic E-state index is 12.4. The Balaban J connectivity index is 1.86. The van der Waals surface area contributed by atoms with Crippen LogP contribution >= 0.6 is 15.9 Å². The molecule has 0 spiro atoms. The molecule has 0 aliphatic heterocycles. The van der Waals surface area contributed by atoms with Crippen molar-refractivity contribution >= 4 is 27.6 Å². The lowest BCUT2D eigenvalue weighted by atomic mass is 10.0. The lowest BCUT2D eigenvalue weighted by molar-refractivity contribution is -0.119. The number of benzene rings is 2. The van der Waals surface area contributed by atoms with Crippen LogP contribution in [0.3, 0.4) is 0 Å². The molecule has 26 heavy (non-hydrogen) atoms. The second-order valence-electron chi connectivity index (χ2n) is 5.62. The fraction of sp³-hybridized carbons (Fsp3) is 0.200. The first-order chi connectivity index (χ1) is 12.5. The Bertz CT molecular complexity index is 771. The number of halogens is 1. The van der Waals surface area contributed by atoms with Gasteiger partial charge in [-0.1, -0.05) is 28.1 Å². The summed E-state index contributed by atoms with van der Waals surface area (Å²) in [6.07, 6.45) is 4.18. The molecule has 1 amide bonds. The van der Waals surface area contributed by atoms with Crippen molar-refractivity contribution < 1.29 is 14.3 Å². The van der Waals surface area contributed by atoms with E-state index in [1.807, 2.05) is 24.3 Å². The van der Waals surface area contributed by atoms with Gasteiger partial charge in [0.05, 0.1) is 6.04 Å². The van der Waals surface area contributed by atoms with Crippen LogP contribution in [-0.4, -0.2) is 31.4 Å². The summed E-state index contributed by atoms with van der Waals surface area (Å²) < 4.78 is 6.53. The van der Waals surface area contributed by atoms with E-state index in [2.05, 4.69) is 21.2 Å². The third-order valence-electron chi connectivity index (χ3n) is 3.80. The van der Waals surface area contributed by atoms with Crippen LogP contribution in [0.5, 0.6) is 5.75 Å². The molecule has 0 bridgehead atoms. The molecule has 0 fully saturated rings. The number of likely N-dealkylation sites (N-methyl/N-ethyl adjacent to an activating group) is 1. The number of primary amides is 1. The fourth-order valence-corrected chi connectivity index (χ4v) is 2.56. The molecule has 136 valence electrons. The average Bonchev–Trinajstić information content (AvgIpc) is 2.65. The first kappa shape index (κ1) is 19.9. The summed E-state index contributed by atoms with van der Waals surface area (Å²) >= 11 is 3.35. The standard InChI is InChI=1S/C20H21BrN2O3/c1-23-18(20(22)25)4-2-3-13-26-17-11-7-15(8-12-17)19(24)14-5-9-16(21)10-6-14/h2-3,5-12,18,23H,4,13H2,1H3,(H2,22,25). The number of ketones is 1. The van der Waals surface area contributed by atoms with Crippen molar-refractivity contribution in [3.05, 3.63) is 76.3 Å². The second kappa shape index (κ2) is 9.89. The second-order valence-corrected chi connectivity index (χ2v) is 6.54. The Morgan fingerprint density at radius 2 is 1.65 bits per heavy atom. The quantitative estimate of drug-likeness (QED) is 0.486. The van der Waals surface area contributed by atoms with Crippen LogP contribution in [-0.2, 0) is 4.79 Å². The van der Waals surface area contributed by atoms with Gasteiger partial charge < -0.3 is 15.8 Å². The third kappa shape index (κ3) is 5.82. The van der Waals surface area contributed by atoms with Gasteiger partial charge in [0, 0.05) is 15.6 Å². The van der Waals surface area contributed by atoms with Gasteiger partial charge in [0.2, 0.25) is 5.91 Å². The molecule has 0 saturated heterocycles. The Kier molecular flexibility index (Phi) is 7.56. The minimum absolute atomic E-state index is 0.0338. The van der Waals surface area contributed by atoms with E-state index >= 15 is 0 Å². The van der Waals surface area contributed by atoms with E-state index in [9.17, 15) is 9.59 Å². The lowest BCUT2D eigenvalue weighted by Gasteiger charge is -2.08. The molecular formula is C20H21BrN2O3. The first-order valence-electron chi connectivity index (χ1n) is 8.16. The molecule has 0 heterocycles. The van der Waals surface area contributed by atoms with E-state index in [1.54, 1.807) is 43.4 Å². The zero-order chi connectivity index (χ0) is 18.9. The van der Waals surface area contributed by atoms with E-state index in [-0.39, 0.29) is 17.7 Å². The fourth-order valence-electron chi connectivity index (χ4n) is 2.29. The van der Waals surface area contributed by atoms with Gasteiger partial charge in [-0.2, -0.15) is 0 Å². The van der Waals surface area contributed by atoms with Crippen molar-refractivity contribution in [2.24, 2.45) is 5.73 Å². The summed E-state index contributed by atoms with van der Waals surface area (Å²) in [6, 6.07) is 13.9. The monoisotopic (exact) mass is 416 g/mol. The highest BCUT2D eigenvalue weighted by molar-refractivity contribution is 9.10. The zero-order valence-corrected chi connectivity index (χ0v) is 16.0. The van der Waals surface area contributed by atoms with Gasteiger partial charge in [0.15, 0.2) is 5.78 Å². The number of ether oxygens (including phenoxy) is 1. The minimum Gasteiger partial charge on any atom is -0.490 e. The number of rotatable bonds is 9. The molecule has 2 rings (SSSR count). The molecule has 1 unspecified atom stereocenters. The summed E-state index contributed by atoms with van der Waals surface area (Å²) in [7, 11) is 1.69. The topological polar surface area (TPSA) is 81.4 Å². The highest BCUT2D eigenvalue weighted by Crippen LogP contribution is 2.17. The summed E-state index contributed by atoms with van der Waals surface area (Å²) in [5.41, 5.74) is 6.49. The molecule has 2 aromatic carbocycles. The number of hydrogen-bond donors (Lipinski definition) is 2. The Labute approximate surface area is 161 Å². The van der Waals surface area contributed by atoms with Crippen LogP contribution in [0.1, 0.15) is 22.3 Å². The van der Waals surface area contributed by atoms with Crippen molar-refractivity contribution in [2.75, 3.05) is 13.7 Å². The summed E-state index contributed by atoms with van der Waals surface area (Å²) in [5, 5.41) is 2.84. The van der Waals surface area contributed by atoms with Gasteiger partial charge in [-0.05, 0) is 62.0 Å². The van der Waals surface area contributed by atoms with Crippen LogP contribution in [0.2, 0.25) is 0 Å². The molecule has 0 saturated carbocycles. The Hall–Kier alpha value is -2.44. The van der Waals surface area contributed by atoms with Crippen molar-refractivity contribution in [1.29, 1.82) is 0 Å². The van der Waals surface area contributed by atoms with Crippen molar-refractivity contribution in [2.45, 2.75) is 12.5 Å². The molecule has 0 aliphatic rings. The smallest absolute Gasteiger partial charge is 0.234 e. The van der Waals surface area contributed by atoms with E-state index in [0.29, 0.717) is 29.9 Å². The predicted molar refractivity (Wildman–Crippen MR) is 105 cm³/mol. The van der Waals surface area contributed by atoms with Crippen LogP contribution in [0, 0.1) is 0 Å². The summed E-state index contributed by atoms with van der Waals surface area (Å²) in [4.78, 5) is 23.5. The number of carbonyl (C=O) groups is 2. The average molecular weight is 417 g/mol. The SMILES string of the molecule is CNC(CC=CCOc1ccc(C(=O)c2ccc(Br)cc2)cc1)C(N)=O. The van der Waals surface area contributed by atoms with E-state index in [4.69, 9.17) is 10.5 Å². The van der Waals surface area contributed by atoms with Crippen LogP contribution in [0.15, 0.2) is 65.2 Å². The van der Waals surface area contributed by atoms with Gasteiger partial charge in [-0.3, -0.25) is 9.59 Å². The first-order valence-corrected chi connectivity index (χ1v) is 8.95. The number of nitrogens with one attached hydrogen (secondary N) is 1. The zero-order valence-electron chi connectivity index (χ0n) is 14.4. The largest absolute Gasteiger partial charge is 0.490 e. The molecule has 0 radical (unpaired) electrons. The Morgan fingerprint density at radius 3 is 2.19 bits per heavy atom. The molecule has 3 N–H and O–H groups in total. The number of amides is 1. The molecule has 6 heteroatoms. The van der Waals surface area contributed by atoms with E-state index in [1.165, 1.54) is 0 Å². The molecule has 1 atom stereocenters. The summed E-state index contributed by atoms with van der Waals surface area (Å²) in [6.45, 7) is 0.370. The van der Waals surface area contributed by atoms with Gasteiger partial charge in [0.1, 0.15) is 12.4 Å². The van der Waals surface area contributed by atoms with Gasteiger partial charge in [-0.15, -0.1) is 0 Å². The normalized spacial score (nSPS) is 12.1. The maximum absolute atomic E-state index is 12.4. The van der Waals surface area contributed by atoms with Crippen LogP contribution < -0.4 is 15.8 Å². The van der Waals surface area contributed by atoms with Crippen LogP contribution in [0.25, 0.3) is 0 Å². The molecule has 2 aromatic rings. The van der Waals surface area contributed by atoms with Gasteiger partial charge >= 0.3 is 0 Å². The molecule has 5 nitrogen and oxygen atoms in total. The Morgan fingerprint density at radius 1 is 1.08 bits per heavy atom.